The number of nitrogens with zero attached hydrogens (tertiary/aromatic N) is 2. The zero-order chi connectivity index (χ0) is 17.6. The third kappa shape index (κ3) is 4.02. The van der Waals surface area contributed by atoms with Gasteiger partial charge >= 0.3 is 0 Å². The van der Waals surface area contributed by atoms with Crippen LogP contribution in [0.15, 0.2) is 47.1 Å². The normalized spacial score (nSPS) is 14.9. The average Bonchev–Trinajstić information content (AvgIpc) is 3.06. The monoisotopic (exact) mass is 342 g/mol. The minimum Gasteiger partial charge on any atom is -0.494 e. The maximum atomic E-state index is 12.7. The Kier molecular flexibility index (Phi) is 5.38. The van der Waals surface area contributed by atoms with Crippen LogP contribution in [0.1, 0.15) is 34.3 Å². The molecular formula is C19H22N2O4. The molecule has 3 rings (SSSR count). The number of hydrogen-bond acceptors (Lipinski definition) is 4. The molecule has 2 aromatic rings. The molecule has 1 aliphatic rings. The van der Waals surface area contributed by atoms with Gasteiger partial charge in [-0.1, -0.05) is 0 Å². The van der Waals surface area contributed by atoms with Gasteiger partial charge in [0, 0.05) is 31.7 Å². The average molecular weight is 342 g/mol. The second-order valence-corrected chi connectivity index (χ2v) is 5.87. The molecule has 1 fully saturated rings. The number of carbonyl (C=O) groups excluding carboxylic acids is 2. The summed E-state index contributed by atoms with van der Waals surface area (Å²) in [5.41, 5.74) is 0.634. The third-order valence-electron chi connectivity index (χ3n) is 4.21. The van der Waals surface area contributed by atoms with Crippen molar-refractivity contribution in [3.63, 3.8) is 0 Å². The Bertz CT molecular complexity index is 710. The van der Waals surface area contributed by atoms with E-state index in [1.165, 1.54) is 6.26 Å². The summed E-state index contributed by atoms with van der Waals surface area (Å²) in [5, 5.41) is 0. The van der Waals surface area contributed by atoms with E-state index in [2.05, 4.69) is 0 Å². The van der Waals surface area contributed by atoms with E-state index < -0.39 is 0 Å². The second-order valence-electron chi connectivity index (χ2n) is 5.87. The molecule has 1 aromatic heterocycles. The smallest absolute Gasteiger partial charge is 0.289 e. The zero-order valence-electron chi connectivity index (χ0n) is 14.3. The predicted octanol–water partition coefficient (Wildman–Crippen LogP) is 2.67. The topological polar surface area (TPSA) is 63.0 Å². The van der Waals surface area contributed by atoms with Crippen molar-refractivity contribution in [1.29, 1.82) is 0 Å². The van der Waals surface area contributed by atoms with Gasteiger partial charge in [0.1, 0.15) is 5.75 Å². The van der Waals surface area contributed by atoms with Crippen LogP contribution in [0.3, 0.4) is 0 Å². The van der Waals surface area contributed by atoms with Crippen molar-refractivity contribution in [3.05, 3.63) is 54.0 Å². The number of ether oxygens (including phenoxy) is 1. The van der Waals surface area contributed by atoms with Crippen LogP contribution in [-0.2, 0) is 0 Å². The van der Waals surface area contributed by atoms with E-state index in [1.807, 2.05) is 6.92 Å². The fourth-order valence-electron chi connectivity index (χ4n) is 2.92. The Hall–Kier alpha value is -2.76. The molecular weight excluding hydrogens is 320 g/mol. The molecule has 0 bridgehead atoms. The van der Waals surface area contributed by atoms with Gasteiger partial charge in [0.15, 0.2) is 5.76 Å². The van der Waals surface area contributed by atoms with Gasteiger partial charge in [-0.05, 0) is 49.7 Å². The van der Waals surface area contributed by atoms with E-state index in [-0.39, 0.29) is 11.8 Å². The molecule has 6 nitrogen and oxygen atoms in total. The Balaban J connectivity index is 1.62. The Morgan fingerprint density at radius 3 is 2.28 bits per heavy atom. The summed E-state index contributed by atoms with van der Waals surface area (Å²) < 4.78 is 10.6. The Morgan fingerprint density at radius 2 is 1.68 bits per heavy atom. The van der Waals surface area contributed by atoms with E-state index in [9.17, 15) is 9.59 Å². The van der Waals surface area contributed by atoms with Crippen molar-refractivity contribution in [2.24, 2.45) is 0 Å². The SMILES string of the molecule is CCOc1ccc(C(=O)N2CCCN(C(=O)c3ccco3)CC2)cc1. The maximum Gasteiger partial charge on any atom is 0.289 e. The number of amides is 2. The maximum absolute atomic E-state index is 12.7. The van der Waals surface area contributed by atoms with Gasteiger partial charge in [-0.2, -0.15) is 0 Å². The van der Waals surface area contributed by atoms with Crippen LogP contribution in [-0.4, -0.2) is 54.4 Å². The van der Waals surface area contributed by atoms with Gasteiger partial charge < -0.3 is 19.0 Å². The van der Waals surface area contributed by atoms with E-state index in [4.69, 9.17) is 9.15 Å². The standard InChI is InChI=1S/C19H22N2O4/c1-2-24-16-8-6-15(7-9-16)18(22)20-10-4-11-21(13-12-20)19(23)17-5-3-14-25-17/h3,5-9,14H,2,4,10-13H2,1H3. The molecule has 1 saturated heterocycles. The summed E-state index contributed by atoms with van der Waals surface area (Å²) in [6.45, 7) is 4.78. The van der Waals surface area contributed by atoms with Crippen molar-refractivity contribution >= 4 is 11.8 Å². The van der Waals surface area contributed by atoms with Crippen LogP contribution >= 0.6 is 0 Å². The molecule has 0 spiro atoms. The predicted molar refractivity (Wildman–Crippen MR) is 92.7 cm³/mol. The molecule has 1 aliphatic heterocycles. The second kappa shape index (κ2) is 7.88. The molecule has 25 heavy (non-hydrogen) atoms. The van der Waals surface area contributed by atoms with Crippen molar-refractivity contribution in [3.8, 4) is 5.75 Å². The number of carbonyl (C=O) groups is 2. The highest BCUT2D eigenvalue weighted by molar-refractivity contribution is 5.94. The lowest BCUT2D eigenvalue weighted by Crippen LogP contribution is -2.37. The Morgan fingerprint density at radius 1 is 1.00 bits per heavy atom. The first-order chi connectivity index (χ1) is 12.2. The van der Waals surface area contributed by atoms with Crippen molar-refractivity contribution in [2.45, 2.75) is 13.3 Å². The Labute approximate surface area is 147 Å². The minimum absolute atomic E-state index is 0.0182. The third-order valence-corrected chi connectivity index (χ3v) is 4.21. The summed E-state index contributed by atoms with van der Waals surface area (Å²) in [5.74, 6) is 0.951. The molecule has 132 valence electrons. The van der Waals surface area contributed by atoms with Gasteiger partial charge in [0.2, 0.25) is 0 Å². The van der Waals surface area contributed by atoms with Gasteiger partial charge in [-0.15, -0.1) is 0 Å². The van der Waals surface area contributed by atoms with Gasteiger partial charge in [0.25, 0.3) is 11.8 Å². The number of rotatable bonds is 4. The van der Waals surface area contributed by atoms with Gasteiger partial charge in [0.05, 0.1) is 12.9 Å². The molecule has 2 amide bonds. The fourth-order valence-corrected chi connectivity index (χ4v) is 2.92. The quantitative estimate of drug-likeness (QED) is 0.857. The first-order valence-electron chi connectivity index (χ1n) is 8.54. The van der Waals surface area contributed by atoms with Crippen molar-refractivity contribution < 1.29 is 18.7 Å². The van der Waals surface area contributed by atoms with Crippen molar-refractivity contribution in [1.82, 2.24) is 9.80 Å². The molecule has 0 atom stereocenters. The number of hydrogen-bond donors (Lipinski definition) is 0. The zero-order valence-corrected chi connectivity index (χ0v) is 14.3. The van der Waals surface area contributed by atoms with Crippen LogP contribution in [0, 0.1) is 0 Å². The van der Waals surface area contributed by atoms with Crippen LogP contribution in [0.5, 0.6) is 5.75 Å². The van der Waals surface area contributed by atoms with E-state index >= 15 is 0 Å². The van der Waals surface area contributed by atoms with E-state index in [1.54, 1.807) is 46.2 Å². The van der Waals surface area contributed by atoms with Crippen LogP contribution in [0.2, 0.25) is 0 Å². The lowest BCUT2D eigenvalue weighted by Gasteiger charge is -2.21. The van der Waals surface area contributed by atoms with Crippen LogP contribution in [0.25, 0.3) is 0 Å². The summed E-state index contributed by atoms with van der Waals surface area (Å²) >= 11 is 0. The summed E-state index contributed by atoms with van der Waals surface area (Å²) in [6.07, 6.45) is 2.24. The largest absolute Gasteiger partial charge is 0.494 e. The fraction of sp³-hybridized carbons (Fsp3) is 0.368. The minimum atomic E-state index is -0.125. The summed E-state index contributed by atoms with van der Waals surface area (Å²) in [7, 11) is 0. The highest BCUT2D eigenvalue weighted by Crippen LogP contribution is 2.16. The molecule has 0 N–H and O–H groups in total. The van der Waals surface area contributed by atoms with E-state index in [0.29, 0.717) is 44.1 Å². The van der Waals surface area contributed by atoms with Crippen LogP contribution in [0.4, 0.5) is 0 Å². The molecule has 0 radical (unpaired) electrons. The van der Waals surface area contributed by atoms with Crippen LogP contribution < -0.4 is 4.74 Å². The number of furan rings is 1. The molecule has 0 saturated carbocycles. The van der Waals surface area contributed by atoms with E-state index in [0.717, 1.165) is 12.2 Å². The molecule has 2 heterocycles. The molecule has 0 aliphatic carbocycles. The van der Waals surface area contributed by atoms with Crippen molar-refractivity contribution in [2.75, 3.05) is 32.8 Å². The molecule has 6 heteroatoms. The first kappa shape index (κ1) is 17.1. The molecule has 0 unspecified atom stereocenters. The lowest BCUT2D eigenvalue weighted by molar-refractivity contribution is 0.0700. The number of benzene rings is 1. The van der Waals surface area contributed by atoms with Gasteiger partial charge in [-0.3, -0.25) is 9.59 Å². The first-order valence-corrected chi connectivity index (χ1v) is 8.54. The molecule has 1 aromatic carbocycles. The van der Waals surface area contributed by atoms with Gasteiger partial charge in [-0.25, -0.2) is 0 Å². The summed E-state index contributed by atoms with van der Waals surface area (Å²) in [6, 6.07) is 10.5. The lowest BCUT2D eigenvalue weighted by atomic mass is 10.2. The summed E-state index contributed by atoms with van der Waals surface area (Å²) in [4.78, 5) is 28.6. The highest BCUT2D eigenvalue weighted by Gasteiger charge is 2.24. The highest BCUT2D eigenvalue weighted by atomic mass is 16.5.